The molecule has 0 saturated heterocycles. The highest BCUT2D eigenvalue weighted by Gasteiger charge is 2.12. The zero-order valence-electron chi connectivity index (χ0n) is 15.4. The molecular formula is C20H22N4O3. The van der Waals surface area contributed by atoms with E-state index in [1.807, 2.05) is 55.5 Å². The number of para-hydroxylation sites is 1. The molecule has 1 amide bonds. The lowest BCUT2D eigenvalue weighted by Gasteiger charge is -2.12. The molecule has 140 valence electrons. The van der Waals surface area contributed by atoms with Crippen molar-refractivity contribution >= 4 is 5.91 Å². The van der Waals surface area contributed by atoms with E-state index in [1.54, 1.807) is 18.0 Å². The first-order valence-electron chi connectivity index (χ1n) is 8.77. The highest BCUT2D eigenvalue weighted by atomic mass is 16.5. The van der Waals surface area contributed by atoms with E-state index < -0.39 is 0 Å². The van der Waals surface area contributed by atoms with E-state index in [0.717, 1.165) is 17.7 Å². The predicted octanol–water partition coefficient (Wildman–Crippen LogP) is 2.99. The first-order valence-corrected chi connectivity index (χ1v) is 8.77. The van der Waals surface area contributed by atoms with Gasteiger partial charge in [-0.1, -0.05) is 36.4 Å². The summed E-state index contributed by atoms with van der Waals surface area (Å²) in [5, 5.41) is 10.8. The Morgan fingerprint density at radius 1 is 1.15 bits per heavy atom. The first kappa shape index (κ1) is 18.4. The van der Waals surface area contributed by atoms with E-state index in [4.69, 9.17) is 9.47 Å². The van der Waals surface area contributed by atoms with Gasteiger partial charge in [-0.15, -0.1) is 5.10 Å². The van der Waals surface area contributed by atoms with Crippen molar-refractivity contribution in [2.24, 2.45) is 0 Å². The number of ether oxygens (including phenoxy) is 2. The number of methoxy groups -OCH3 is 1. The summed E-state index contributed by atoms with van der Waals surface area (Å²) in [6.07, 6.45) is 2.53. The van der Waals surface area contributed by atoms with Crippen LogP contribution in [0, 0.1) is 0 Å². The van der Waals surface area contributed by atoms with Crippen LogP contribution in [0.4, 0.5) is 0 Å². The number of carbonyl (C=O) groups excluding carboxylic acids is 1. The van der Waals surface area contributed by atoms with Gasteiger partial charge < -0.3 is 14.8 Å². The summed E-state index contributed by atoms with van der Waals surface area (Å²) in [5.74, 6) is 1.05. The molecule has 0 spiro atoms. The number of benzene rings is 2. The van der Waals surface area contributed by atoms with E-state index in [0.29, 0.717) is 24.7 Å². The molecular weight excluding hydrogens is 344 g/mol. The van der Waals surface area contributed by atoms with E-state index in [-0.39, 0.29) is 11.6 Å². The third-order valence-electron chi connectivity index (χ3n) is 3.89. The van der Waals surface area contributed by atoms with E-state index >= 15 is 0 Å². The topological polar surface area (TPSA) is 78.3 Å². The SMILES string of the molecule is CCCOc1ccc(CNC(=O)c2cn(-c3ccccc3)nn2)cc1OC. The number of amides is 1. The molecule has 0 aliphatic heterocycles. The van der Waals surface area contributed by atoms with Crippen LogP contribution in [0.15, 0.2) is 54.7 Å². The summed E-state index contributed by atoms with van der Waals surface area (Å²) in [5.41, 5.74) is 2.00. The second kappa shape index (κ2) is 8.84. The summed E-state index contributed by atoms with van der Waals surface area (Å²) >= 11 is 0. The van der Waals surface area contributed by atoms with Gasteiger partial charge in [0, 0.05) is 6.54 Å². The van der Waals surface area contributed by atoms with Crippen molar-refractivity contribution in [1.29, 1.82) is 0 Å². The maximum Gasteiger partial charge on any atom is 0.273 e. The maximum absolute atomic E-state index is 12.3. The Hall–Kier alpha value is -3.35. The Labute approximate surface area is 157 Å². The van der Waals surface area contributed by atoms with E-state index in [9.17, 15) is 4.79 Å². The molecule has 0 unspecified atom stereocenters. The zero-order chi connectivity index (χ0) is 19.1. The standard InChI is InChI=1S/C20H22N4O3/c1-3-11-27-18-10-9-15(12-19(18)26-2)13-21-20(25)17-14-24(23-22-17)16-7-5-4-6-8-16/h4-10,12,14H,3,11,13H2,1-2H3,(H,21,25). The van der Waals surface area contributed by atoms with Crippen LogP contribution in [0.5, 0.6) is 11.5 Å². The Bertz CT molecular complexity index is 893. The van der Waals surface area contributed by atoms with Crippen LogP contribution in [-0.4, -0.2) is 34.6 Å². The summed E-state index contributed by atoms with van der Waals surface area (Å²) in [6, 6.07) is 15.1. The van der Waals surface area contributed by atoms with Crippen molar-refractivity contribution in [2.45, 2.75) is 19.9 Å². The molecule has 0 fully saturated rings. The van der Waals surface area contributed by atoms with Gasteiger partial charge in [0.25, 0.3) is 5.91 Å². The third-order valence-corrected chi connectivity index (χ3v) is 3.89. The van der Waals surface area contributed by atoms with Crippen molar-refractivity contribution in [2.75, 3.05) is 13.7 Å². The maximum atomic E-state index is 12.3. The number of nitrogens with one attached hydrogen (secondary N) is 1. The minimum Gasteiger partial charge on any atom is -0.493 e. The number of nitrogens with zero attached hydrogens (tertiary/aromatic N) is 3. The highest BCUT2D eigenvalue weighted by Crippen LogP contribution is 2.28. The molecule has 2 aromatic carbocycles. The molecule has 0 radical (unpaired) electrons. The minimum absolute atomic E-state index is 0.258. The molecule has 1 N–H and O–H groups in total. The van der Waals surface area contributed by atoms with Crippen molar-refractivity contribution in [3.8, 4) is 17.2 Å². The largest absolute Gasteiger partial charge is 0.493 e. The monoisotopic (exact) mass is 366 g/mol. The van der Waals surface area contributed by atoms with Crippen molar-refractivity contribution < 1.29 is 14.3 Å². The second-order valence-corrected chi connectivity index (χ2v) is 5.90. The Balaban J connectivity index is 1.63. The van der Waals surface area contributed by atoms with Crippen molar-refractivity contribution in [3.63, 3.8) is 0 Å². The summed E-state index contributed by atoms with van der Waals surface area (Å²) < 4.78 is 12.6. The lowest BCUT2D eigenvalue weighted by molar-refractivity contribution is 0.0946. The quantitative estimate of drug-likeness (QED) is 0.663. The lowest BCUT2D eigenvalue weighted by Crippen LogP contribution is -2.23. The smallest absolute Gasteiger partial charge is 0.273 e. The van der Waals surface area contributed by atoms with Gasteiger partial charge >= 0.3 is 0 Å². The molecule has 7 heteroatoms. The fraction of sp³-hybridized carbons (Fsp3) is 0.250. The Kier molecular flexibility index (Phi) is 6.04. The van der Waals surface area contributed by atoms with Gasteiger partial charge in [0.05, 0.1) is 25.6 Å². The minimum atomic E-state index is -0.289. The first-order chi connectivity index (χ1) is 13.2. The number of hydrogen-bond acceptors (Lipinski definition) is 5. The second-order valence-electron chi connectivity index (χ2n) is 5.90. The van der Waals surface area contributed by atoms with Crippen molar-refractivity contribution in [3.05, 3.63) is 66.0 Å². The molecule has 0 bridgehead atoms. The Morgan fingerprint density at radius 3 is 2.70 bits per heavy atom. The van der Waals surface area contributed by atoms with Crippen LogP contribution in [0.1, 0.15) is 29.4 Å². The molecule has 0 saturated carbocycles. The molecule has 0 atom stereocenters. The zero-order valence-corrected chi connectivity index (χ0v) is 15.4. The van der Waals surface area contributed by atoms with E-state index in [1.165, 1.54) is 0 Å². The van der Waals surface area contributed by atoms with Gasteiger partial charge in [-0.2, -0.15) is 0 Å². The summed E-state index contributed by atoms with van der Waals surface area (Å²) in [6.45, 7) is 3.02. The van der Waals surface area contributed by atoms with Gasteiger partial charge in [0.1, 0.15) is 0 Å². The molecule has 3 aromatic rings. The molecule has 7 nitrogen and oxygen atoms in total. The van der Waals surface area contributed by atoms with Crippen LogP contribution >= 0.6 is 0 Å². The Morgan fingerprint density at radius 2 is 1.96 bits per heavy atom. The molecule has 0 aliphatic carbocycles. The average Bonchev–Trinajstić information content (AvgIpc) is 3.21. The third kappa shape index (κ3) is 4.63. The fourth-order valence-electron chi connectivity index (χ4n) is 2.50. The predicted molar refractivity (Wildman–Crippen MR) is 101 cm³/mol. The van der Waals surface area contributed by atoms with Crippen LogP contribution in [-0.2, 0) is 6.54 Å². The number of hydrogen-bond donors (Lipinski definition) is 1. The van der Waals surface area contributed by atoms with Crippen molar-refractivity contribution in [1.82, 2.24) is 20.3 Å². The fourth-order valence-corrected chi connectivity index (χ4v) is 2.50. The molecule has 1 aromatic heterocycles. The lowest BCUT2D eigenvalue weighted by atomic mass is 10.2. The van der Waals surface area contributed by atoms with Crippen LogP contribution in [0.2, 0.25) is 0 Å². The van der Waals surface area contributed by atoms with Gasteiger partial charge in [-0.25, -0.2) is 4.68 Å². The molecule has 1 heterocycles. The number of aromatic nitrogens is 3. The normalized spacial score (nSPS) is 10.4. The van der Waals surface area contributed by atoms with Gasteiger partial charge in [0.2, 0.25) is 0 Å². The average molecular weight is 366 g/mol. The molecule has 0 aliphatic rings. The highest BCUT2D eigenvalue weighted by molar-refractivity contribution is 5.91. The molecule has 27 heavy (non-hydrogen) atoms. The summed E-state index contributed by atoms with van der Waals surface area (Å²) in [4.78, 5) is 12.3. The number of rotatable bonds is 8. The van der Waals surface area contributed by atoms with Crippen LogP contribution in [0.3, 0.4) is 0 Å². The molecule has 3 rings (SSSR count). The van der Waals surface area contributed by atoms with Gasteiger partial charge in [-0.05, 0) is 36.2 Å². The van der Waals surface area contributed by atoms with Crippen LogP contribution < -0.4 is 14.8 Å². The number of carbonyl (C=O) groups is 1. The van der Waals surface area contributed by atoms with Gasteiger partial charge in [0.15, 0.2) is 17.2 Å². The van der Waals surface area contributed by atoms with Gasteiger partial charge in [-0.3, -0.25) is 4.79 Å². The summed E-state index contributed by atoms with van der Waals surface area (Å²) in [7, 11) is 1.60. The van der Waals surface area contributed by atoms with E-state index in [2.05, 4.69) is 15.6 Å². The van der Waals surface area contributed by atoms with Crippen LogP contribution in [0.25, 0.3) is 5.69 Å².